The largest absolute Gasteiger partial charge is 0.490 e. The molecule has 0 spiro atoms. The number of carbonyl (C=O) groups excluding carboxylic acids is 1. The molecule has 9 heteroatoms. The minimum atomic E-state index is -1.82. The van der Waals surface area contributed by atoms with Crippen molar-refractivity contribution < 1.29 is 34.4 Å². The molecular weight excluding hydrogens is 464 g/mol. The van der Waals surface area contributed by atoms with Crippen molar-refractivity contribution in [2.24, 2.45) is 5.92 Å². The van der Waals surface area contributed by atoms with Crippen LogP contribution in [0.4, 0.5) is 5.69 Å². The number of likely N-dealkylation sites (tertiary alicyclic amines) is 1. The summed E-state index contributed by atoms with van der Waals surface area (Å²) in [6.07, 6.45) is 4.18. The lowest BCUT2D eigenvalue weighted by Crippen LogP contribution is -2.41. The van der Waals surface area contributed by atoms with Crippen LogP contribution in [0.15, 0.2) is 48.5 Å². The molecule has 1 unspecified atom stereocenters. The third kappa shape index (κ3) is 7.79. The number of carbonyl (C=O) groups is 3. The van der Waals surface area contributed by atoms with E-state index in [1.807, 2.05) is 18.2 Å². The summed E-state index contributed by atoms with van der Waals surface area (Å²) in [4.78, 5) is 34.2. The molecule has 4 rings (SSSR count). The predicted octanol–water partition coefficient (Wildman–Crippen LogP) is 2.45. The van der Waals surface area contributed by atoms with Gasteiger partial charge in [-0.05, 0) is 62.4 Å². The van der Waals surface area contributed by atoms with Gasteiger partial charge in [0.1, 0.15) is 18.5 Å². The second-order valence-corrected chi connectivity index (χ2v) is 9.22. The van der Waals surface area contributed by atoms with Crippen LogP contribution in [0, 0.1) is 5.92 Å². The fourth-order valence-electron chi connectivity index (χ4n) is 4.65. The number of carboxylic acid groups (broad SMARTS) is 2. The Kier molecular flexibility index (Phi) is 9.84. The summed E-state index contributed by atoms with van der Waals surface area (Å²) in [5, 5.41) is 25.3. The number of anilines is 1. The number of nitrogens with zero attached hydrogens (tertiary/aromatic N) is 2. The number of piperidine rings is 1. The van der Waals surface area contributed by atoms with Crippen LogP contribution >= 0.6 is 0 Å². The molecule has 2 aromatic carbocycles. The third-order valence-corrected chi connectivity index (χ3v) is 6.59. The van der Waals surface area contributed by atoms with E-state index < -0.39 is 18.0 Å². The lowest BCUT2D eigenvalue weighted by molar-refractivity contribution is -0.159. The SMILES string of the molecule is CN1C(=O)CCc2c(OCC(O)CN3CCC(Cc4ccccc4)CC3)cccc21.O=C(O)C(=O)O. The van der Waals surface area contributed by atoms with Crippen LogP contribution in [-0.2, 0) is 27.2 Å². The summed E-state index contributed by atoms with van der Waals surface area (Å²) in [6.45, 7) is 2.98. The van der Waals surface area contributed by atoms with Gasteiger partial charge in [0.05, 0.1) is 5.69 Å². The molecule has 1 saturated heterocycles. The van der Waals surface area contributed by atoms with Gasteiger partial charge >= 0.3 is 11.9 Å². The standard InChI is InChI=1S/C25H32N2O3.C2H2O4/c1-26-23-8-5-9-24(22(23)10-11-25(26)29)30-18-21(28)17-27-14-12-20(13-15-27)16-19-6-3-2-4-7-19;3-1(4)2(5)6/h2-9,20-21,28H,10-18H2,1H3;(H,3,4)(H,5,6). The van der Waals surface area contributed by atoms with Gasteiger partial charge in [0, 0.05) is 25.6 Å². The van der Waals surface area contributed by atoms with Gasteiger partial charge in [-0.15, -0.1) is 0 Å². The highest BCUT2D eigenvalue weighted by atomic mass is 16.5. The van der Waals surface area contributed by atoms with E-state index in [-0.39, 0.29) is 12.5 Å². The number of amides is 1. The molecule has 194 valence electrons. The van der Waals surface area contributed by atoms with Gasteiger partial charge in [-0.2, -0.15) is 0 Å². The molecule has 2 aliphatic heterocycles. The van der Waals surface area contributed by atoms with Crippen LogP contribution in [0.2, 0.25) is 0 Å². The second kappa shape index (κ2) is 13.0. The fraction of sp³-hybridized carbons (Fsp3) is 0.444. The van der Waals surface area contributed by atoms with Gasteiger partial charge in [0.25, 0.3) is 0 Å². The number of ether oxygens (including phenoxy) is 1. The van der Waals surface area contributed by atoms with Crippen molar-refractivity contribution >= 4 is 23.5 Å². The number of rotatable bonds is 7. The number of aliphatic carboxylic acids is 2. The summed E-state index contributed by atoms with van der Waals surface area (Å²) < 4.78 is 5.98. The fourth-order valence-corrected chi connectivity index (χ4v) is 4.65. The number of β-amino-alcohol motifs (C(OH)–C–C–N with tert-alkyl or cyclic N) is 1. The van der Waals surface area contributed by atoms with Crippen LogP contribution in [0.1, 0.15) is 30.4 Å². The summed E-state index contributed by atoms with van der Waals surface area (Å²) in [7, 11) is 1.81. The van der Waals surface area contributed by atoms with E-state index in [4.69, 9.17) is 24.5 Å². The van der Waals surface area contributed by atoms with Crippen LogP contribution < -0.4 is 9.64 Å². The summed E-state index contributed by atoms with van der Waals surface area (Å²) in [5.41, 5.74) is 3.40. The molecule has 2 aliphatic rings. The molecule has 36 heavy (non-hydrogen) atoms. The van der Waals surface area contributed by atoms with Crippen molar-refractivity contribution in [2.75, 3.05) is 38.2 Å². The number of benzene rings is 2. The maximum atomic E-state index is 11.9. The zero-order valence-corrected chi connectivity index (χ0v) is 20.5. The first-order chi connectivity index (χ1) is 17.2. The molecule has 1 atom stereocenters. The lowest BCUT2D eigenvalue weighted by Gasteiger charge is -2.33. The van der Waals surface area contributed by atoms with E-state index in [1.54, 1.807) is 11.9 Å². The number of hydrogen-bond donors (Lipinski definition) is 3. The zero-order chi connectivity index (χ0) is 26.1. The number of carboxylic acids is 2. The molecule has 2 heterocycles. The average molecular weight is 499 g/mol. The van der Waals surface area contributed by atoms with Gasteiger partial charge in [-0.25, -0.2) is 9.59 Å². The predicted molar refractivity (Wildman–Crippen MR) is 134 cm³/mol. The summed E-state index contributed by atoms with van der Waals surface area (Å²) in [6, 6.07) is 16.5. The first-order valence-electron chi connectivity index (χ1n) is 12.2. The topological polar surface area (TPSA) is 128 Å². The smallest absolute Gasteiger partial charge is 0.414 e. The summed E-state index contributed by atoms with van der Waals surface area (Å²) >= 11 is 0. The van der Waals surface area contributed by atoms with E-state index in [1.165, 1.54) is 18.4 Å². The van der Waals surface area contributed by atoms with E-state index >= 15 is 0 Å². The molecule has 0 aromatic heterocycles. The van der Waals surface area contributed by atoms with Crippen LogP contribution in [0.5, 0.6) is 5.75 Å². The Bertz CT molecular complexity index is 1020. The molecule has 3 N–H and O–H groups in total. The Labute approximate surface area is 210 Å². The quantitative estimate of drug-likeness (QED) is 0.497. The number of aliphatic hydroxyl groups excluding tert-OH is 1. The van der Waals surface area contributed by atoms with Gasteiger partial charge in [0.2, 0.25) is 5.91 Å². The molecular formula is C27H34N2O7. The molecule has 2 aromatic rings. The van der Waals surface area contributed by atoms with Crippen LogP contribution in [-0.4, -0.2) is 77.5 Å². The second-order valence-electron chi connectivity index (χ2n) is 9.22. The summed E-state index contributed by atoms with van der Waals surface area (Å²) in [5.74, 6) is -2.00. The maximum Gasteiger partial charge on any atom is 0.414 e. The normalized spacial score (nSPS) is 16.9. The van der Waals surface area contributed by atoms with E-state index in [0.717, 1.165) is 42.4 Å². The Balaban J connectivity index is 0.000000538. The Hall–Kier alpha value is -3.43. The highest BCUT2D eigenvalue weighted by Gasteiger charge is 2.25. The minimum Gasteiger partial charge on any atom is -0.490 e. The number of hydrogen-bond acceptors (Lipinski definition) is 6. The highest BCUT2D eigenvalue weighted by Crippen LogP contribution is 2.34. The van der Waals surface area contributed by atoms with Crippen LogP contribution in [0.3, 0.4) is 0 Å². The van der Waals surface area contributed by atoms with Gasteiger partial charge in [-0.3, -0.25) is 4.79 Å². The number of aliphatic hydroxyl groups is 1. The third-order valence-electron chi connectivity index (χ3n) is 6.59. The number of fused-ring (bicyclic) bond motifs is 1. The van der Waals surface area contributed by atoms with E-state index in [0.29, 0.717) is 19.4 Å². The Morgan fingerprint density at radius 3 is 2.31 bits per heavy atom. The van der Waals surface area contributed by atoms with E-state index in [2.05, 4.69) is 35.2 Å². The first-order valence-corrected chi connectivity index (χ1v) is 12.2. The van der Waals surface area contributed by atoms with Gasteiger partial charge < -0.3 is 29.9 Å². The zero-order valence-electron chi connectivity index (χ0n) is 20.5. The molecule has 0 saturated carbocycles. The average Bonchev–Trinajstić information content (AvgIpc) is 2.87. The van der Waals surface area contributed by atoms with Crippen molar-refractivity contribution in [1.29, 1.82) is 0 Å². The molecule has 0 aliphatic carbocycles. The van der Waals surface area contributed by atoms with Crippen molar-refractivity contribution in [3.63, 3.8) is 0 Å². The van der Waals surface area contributed by atoms with Crippen molar-refractivity contribution in [1.82, 2.24) is 4.90 Å². The van der Waals surface area contributed by atoms with Gasteiger partial charge in [0.15, 0.2) is 0 Å². The maximum absolute atomic E-state index is 11.9. The van der Waals surface area contributed by atoms with Crippen molar-refractivity contribution in [3.8, 4) is 5.75 Å². The molecule has 9 nitrogen and oxygen atoms in total. The molecule has 0 radical (unpaired) electrons. The monoisotopic (exact) mass is 498 g/mol. The molecule has 1 fully saturated rings. The van der Waals surface area contributed by atoms with Gasteiger partial charge in [-0.1, -0.05) is 36.4 Å². The van der Waals surface area contributed by atoms with Crippen LogP contribution in [0.25, 0.3) is 0 Å². The Morgan fingerprint density at radius 2 is 1.67 bits per heavy atom. The highest BCUT2D eigenvalue weighted by molar-refractivity contribution is 6.27. The van der Waals surface area contributed by atoms with Crippen molar-refractivity contribution in [2.45, 2.75) is 38.2 Å². The molecule has 0 bridgehead atoms. The van der Waals surface area contributed by atoms with Crippen molar-refractivity contribution in [3.05, 3.63) is 59.7 Å². The molecule has 1 amide bonds. The Morgan fingerprint density at radius 1 is 1.00 bits per heavy atom. The lowest BCUT2D eigenvalue weighted by atomic mass is 9.90. The minimum absolute atomic E-state index is 0.135. The first kappa shape index (κ1) is 27.2. The van der Waals surface area contributed by atoms with E-state index in [9.17, 15) is 9.90 Å².